The molecule has 1 aliphatic heterocycles. The minimum absolute atomic E-state index is 0.0247. The first-order chi connectivity index (χ1) is 14.5. The van der Waals surface area contributed by atoms with Gasteiger partial charge in [0.05, 0.1) is 13.0 Å². The summed E-state index contributed by atoms with van der Waals surface area (Å²) in [6, 6.07) is 16.0. The molecule has 0 spiro atoms. The summed E-state index contributed by atoms with van der Waals surface area (Å²) in [5.41, 5.74) is 2.03. The maximum Gasteiger partial charge on any atom is 0.311 e. The first kappa shape index (κ1) is 20.0. The molecule has 0 N–H and O–H groups in total. The predicted octanol–water partition coefficient (Wildman–Crippen LogP) is 4.10. The fourth-order valence-electron chi connectivity index (χ4n) is 3.27. The number of hydrogen-bond acceptors (Lipinski definition) is 6. The third kappa shape index (κ3) is 4.31. The first-order valence-corrected chi connectivity index (χ1v) is 9.74. The number of benzene rings is 2. The van der Waals surface area contributed by atoms with Crippen LogP contribution in [0, 0.1) is 5.92 Å². The van der Waals surface area contributed by atoms with E-state index in [2.05, 4.69) is 5.16 Å². The number of esters is 1. The van der Waals surface area contributed by atoms with Gasteiger partial charge in [0.25, 0.3) is 0 Å². The van der Waals surface area contributed by atoms with E-state index in [-0.39, 0.29) is 25.5 Å². The average Bonchev–Trinajstić information content (AvgIpc) is 3.39. The van der Waals surface area contributed by atoms with Crippen LogP contribution in [0.3, 0.4) is 0 Å². The second-order valence-corrected chi connectivity index (χ2v) is 7.34. The van der Waals surface area contributed by atoms with E-state index in [4.69, 9.17) is 25.6 Å². The van der Waals surface area contributed by atoms with Crippen molar-refractivity contribution in [2.45, 2.75) is 13.0 Å². The summed E-state index contributed by atoms with van der Waals surface area (Å²) < 4.78 is 15.8. The maximum absolute atomic E-state index is 12.5. The quantitative estimate of drug-likeness (QED) is 0.552. The fraction of sp³-hybridized carbons (Fsp3) is 0.227. The van der Waals surface area contributed by atoms with Gasteiger partial charge in [-0.15, -0.1) is 0 Å². The van der Waals surface area contributed by atoms with Gasteiger partial charge in [-0.2, -0.15) is 0 Å². The number of carbonyl (C=O) groups excluding carboxylic acids is 2. The van der Waals surface area contributed by atoms with Crippen molar-refractivity contribution < 1.29 is 23.6 Å². The van der Waals surface area contributed by atoms with Gasteiger partial charge in [0, 0.05) is 35.3 Å². The lowest BCUT2D eigenvalue weighted by molar-refractivity contribution is -0.149. The summed E-state index contributed by atoms with van der Waals surface area (Å²) in [6.07, 6.45) is 0.111. The zero-order valence-electron chi connectivity index (χ0n) is 16.2. The third-order valence-electron chi connectivity index (χ3n) is 4.89. The van der Waals surface area contributed by atoms with Gasteiger partial charge in [0.15, 0.2) is 5.76 Å². The molecule has 1 unspecified atom stereocenters. The van der Waals surface area contributed by atoms with Crippen molar-refractivity contribution in [3.63, 3.8) is 0 Å². The third-order valence-corrected chi connectivity index (χ3v) is 5.14. The number of methoxy groups -OCH3 is 1. The van der Waals surface area contributed by atoms with Crippen molar-refractivity contribution in [1.82, 2.24) is 5.16 Å². The number of aromatic nitrogens is 1. The van der Waals surface area contributed by atoms with Crippen LogP contribution in [-0.2, 0) is 20.9 Å². The number of carbonyl (C=O) groups is 2. The SMILES string of the molecule is COc1ccc(N2CC(C(=O)OCc3cc(-c4ccc(Cl)cc4)on3)CC2=O)cc1. The van der Waals surface area contributed by atoms with E-state index in [1.165, 1.54) is 0 Å². The standard InChI is InChI=1S/C22H19ClN2O5/c1-28-19-8-6-18(7-9-19)25-12-15(10-21(25)26)22(27)29-13-17-11-20(30-24-17)14-2-4-16(23)5-3-14/h2-9,11,15H,10,12-13H2,1H3. The van der Waals surface area contributed by atoms with E-state index < -0.39 is 11.9 Å². The Hall–Kier alpha value is -3.32. The lowest BCUT2D eigenvalue weighted by Crippen LogP contribution is -2.26. The summed E-state index contributed by atoms with van der Waals surface area (Å²) in [6.45, 7) is 0.252. The molecule has 3 aromatic rings. The Kier molecular flexibility index (Phi) is 5.72. The Morgan fingerprint density at radius 1 is 1.20 bits per heavy atom. The van der Waals surface area contributed by atoms with E-state index in [1.54, 1.807) is 54.5 Å². The Balaban J connectivity index is 1.34. The number of nitrogens with zero attached hydrogens (tertiary/aromatic N) is 2. The van der Waals surface area contributed by atoms with Crippen LogP contribution in [0.2, 0.25) is 5.02 Å². The van der Waals surface area contributed by atoms with Crippen LogP contribution in [-0.4, -0.2) is 30.7 Å². The Labute approximate surface area is 178 Å². The molecule has 2 heterocycles. The molecule has 0 bridgehead atoms. The molecule has 1 saturated heterocycles. The summed E-state index contributed by atoms with van der Waals surface area (Å²) in [7, 11) is 1.58. The van der Waals surface area contributed by atoms with E-state index >= 15 is 0 Å². The van der Waals surface area contributed by atoms with Crippen molar-refractivity contribution in [2.24, 2.45) is 5.92 Å². The highest BCUT2D eigenvalue weighted by atomic mass is 35.5. The van der Waals surface area contributed by atoms with Crippen LogP contribution in [0.5, 0.6) is 5.75 Å². The molecular weight excluding hydrogens is 408 g/mol. The first-order valence-electron chi connectivity index (χ1n) is 9.36. The Bertz CT molecular complexity index is 1050. The smallest absolute Gasteiger partial charge is 0.311 e. The number of anilines is 1. The van der Waals surface area contributed by atoms with Gasteiger partial charge in [-0.05, 0) is 48.5 Å². The molecule has 154 valence electrons. The highest BCUT2D eigenvalue weighted by Crippen LogP contribution is 2.28. The molecule has 1 fully saturated rings. The van der Waals surface area contributed by atoms with Crippen molar-refractivity contribution >= 4 is 29.2 Å². The molecule has 8 heteroatoms. The van der Waals surface area contributed by atoms with Gasteiger partial charge in [0.2, 0.25) is 5.91 Å². The highest BCUT2D eigenvalue weighted by molar-refractivity contribution is 6.30. The highest BCUT2D eigenvalue weighted by Gasteiger charge is 2.36. The number of rotatable bonds is 6. The Morgan fingerprint density at radius 3 is 2.63 bits per heavy atom. The van der Waals surface area contributed by atoms with Gasteiger partial charge < -0.3 is 18.9 Å². The Morgan fingerprint density at radius 2 is 1.93 bits per heavy atom. The molecule has 0 radical (unpaired) electrons. The molecular formula is C22H19ClN2O5. The van der Waals surface area contributed by atoms with Crippen LogP contribution in [0.4, 0.5) is 5.69 Å². The van der Waals surface area contributed by atoms with Crippen molar-refractivity contribution in [2.75, 3.05) is 18.6 Å². The van der Waals surface area contributed by atoms with E-state index in [9.17, 15) is 9.59 Å². The maximum atomic E-state index is 12.5. The van der Waals surface area contributed by atoms with Crippen LogP contribution >= 0.6 is 11.6 Å². The second kappa shape index (κ2) is 8.59. The van der Waals surface area contributed by atoms with Crippen molar-refractivity contribution in [3.05, 3.63) is 65.3 Å². The van der Waals surface area contributed by atoms with Crippen LogP contribution in [0.25, 0.3) is 11.3 Å². The molecule has 1 aliphatic rings. The summed E-state index contributed by atoms with van der Waals surface area (Å²) >= 11 is 5.89. The molecule has 2 aromatic carbocycles. The van der Waals surface area contributed by atoms with Gasteiger partial charge >= 0.3 is 5.97 Å². The largest absolute Gasteiger partial charge is 0.497 e. The number of hydrogen-bond donors (Lipinski definition) is 0. The second-order valence-electron chi connectivity index (χ2n) is 6.90. The summed E-state index contributed by atoms with van der Waals surface area (Å²) in [5, 5.41) is 4.56. The van der Waals surface area contributed by atoms with Crippen LogP contribution < -0.4 is 9.64 Å². The predicted molar refractivity (Wildman–Crippen MR) is 110 cm³/mol. The van der Waals surface area contributed by atoms with Crippen molar-refractivity contribution in [3.8, 4) is 17.1 Å². The molecule has 1 atom stereocenters. The molecule has 1 aromatic heterocycles. The minimum Gasteiger partial charge on any atom is -0.497 e. The lowest BCUT2D eigenvalue weighted by atomic mass is 10.1. The van der Waals surface area contributed by atoms with E-state index in [0.29, 0.717) is 22.2 Å². The van der Waals surface area contributed by atoms with E-state index in [1.807, 2.05) is 12.1 Å². The van der Waals surface area contributed by atoms with Crippen LogP contribution in [0.1, 0.15) is 12.1 Å². The number of amides is 1. The summed E-state index contributed by atoms with van der Waals surface area (Å²) in [4.78, 5) is 26.4. The van der Waals surface area contributed by atoms with Gasteiger partial charge in [-0.25, -0.2) is 0 Å². The fourth-order valence-corrected chi connectivity index (χ4v) is 3.40. The molecule has 4 rings (SSSR count). The van der Waals surface area contributed by atoms with E-state index in [0.717, 1.165) is 11.3 Å². The van der Waals surface area contributed by atoms with Gasteiger partial charge in [-0.3, -0.25) is 9.59 Å². The minimum atomic E-state index is -0.526. The lowest BCUT2D eigenvalue weighted by Gasteiger charge is -2.16. The average molecular weight is 427 g/mol. The van der Waals surface area contributed by atoms with Crippen molar-refractivity contribution in [1.29, 1.82) is 0 Å². The van der Waals surface area contributed by atoms with Gasteiger partial charge in [-0.1, -0.05) is 16.8 Å². The normalized spacial score (nSPS) is 16.0. The van der Waals surface area contributed by atoms with Gasteiger partial charge in [0.1, 0.15) is 18.1 Å². The zero-order valence-corrected chi connectivity index (χ0v) is 17.0. The molecule has 1 amide bonds. The zero-order chi connectivity index (χ0) is 21.1. The van der Waals surface area contributed by atoms with Crippen LogP contribution in [0.15, 0.2) is 59.1 Å². The molecule has 30 heavy (non-hydrogen) atoms. The topological polar surface area (TPSA) is 81.9 Å². The monoisotopic (exact) mass is 426 g/mol. The summed E-state index contributed by atoms with van der Waals surface area (Å²) in [5.74, 6) is 0.178. The number of ether oxygens (including phenoxy) is 2. The number of halogens is 1. The molecule has 7 nitrogen and oxygen atoms in total. The molecule has 0 saturated carbocycles. The molecule has 0 aliphatic carbocycles.